The van der Waals surface area contributed by atoms with E-state index in [1.807, 2.05) is 71.0 Å². The summed E-state index contributed by atoms with van der Waals surface area (Å²) in [5.74, 6) is 1.25. The van der Waals surface area contributed by atoms with Gasteiger partial charge in [0.1, 0.15) is 17.5 Å². The van der Waals surface area contributed by atoms with E-state index in [0.29, 0.717) is 30.4 Å². The van der Waals surface area contributed by atoms with Crippen LogP contribution in [0.1, 0.15) is 43.9 Å². The second-order valence-electron chi connectivity index (χ2n) is 8.60. The van der Waals surface area contributed by atoms with Gasteiger partial charge in [-0.3, -0.25) is 9.59 Å². The van der Waals surface area contributed by atoms with Gasteiger partial charge >= 0.3 is 0 Å². The Kier molecular flexibility index (Phi) is 10.2. The van der Waals surface area contributed by atoms with E-state index in [9.17, 15) is 9.59 Å². The molecule has 0 fully saturated rings. The highest BCUT2D eigenvalue weighted by molar-refractivity contribution is 9.10. The van der Waals surface area contributed by atoms with Gasteiger partial charge in [0.15, 0.2) is 6.61 Å². The van der Waals surface area contributed by atoms with Gasteiger partial charge in [0.2, 0.25) is 5.91 Å². The number of nitrogens with one attached hydrogen (secondary N) is 1. The highest BCUT2D eigenvalue weighted by atomic mass is 79.9. The summed E-state index contributed by atoms with van der Waals surface area (Å²) in [4.78, 5) is 27.9. The number of hydrogen-bond acceptors (Lipinski definition) is 4. The van der Waals surface area contributed by atoms with E-state index >= 15 is 0 Å². The third-order valence-corrected chi connectivity index (χ3v) is 6.58. The van der Waals surface area contributed by atoms with Crippen molar-refractivity contribution in [3.8, 4) is 11.5 Å². The van der Waals surface area contributed by atoms with Gasteiger partial charge in [0, 0.05) is 17.6 Å². The van der Waals surface area contributed by atoms with Gasteiger partial charge in [0.05, 0.1) is 7.11 Å². The van der Waals surface area contributed by atoms with E-state index in [1.54, 1.807) is 12.0 Å². The minimum atomic E-state index is -0.598. The Balaban J connectivity index is 2.25. The monoisotopic (exact) mass is 518 g/mol. The number of rotatable bonds is 11. The van der Waals surface area contributed by atoms with Gasteiger partial charge in [-0.25, -0.2) is 0 Å². The number of halogens is 1. The molecule has 0 heterocycles. The maximum Gasteiger partial charge on any atom is 0.261 e. The first-order valence-electron chi connectivity index (χ1n) is 11.3. The molecule has 6 nitrogen and oxygen atoms in total. The molecule has 2 amide bonds. The van der Waals surface area contributed by atoms with Crippen molar-refractivity contribution in [2.75, 3.05) is 20.3 Å². The van der Waals surface area contributed by atoms with E-state index in [1.165, 1.54) is 0 Å². The Morgan fingerprint density at radius 3 is 2.33 bits per heavy atom. The number of ether oxygens (including phenoxy) is 2. The van der Waals surface area contributed by atoms with Crippen molar-refractivity contribution in [3.63, 3.8) is 0 Å². The normalized spacial score (nSPS) is 11.8. The lowest BCUT2D eigenvalue weighted by molar-refractivity contribution is -0.143. The average molecular weight is 519 g/mol. The van der Waals surface area contributed by atoms with Crippen LogP contribution < -0.4 is 14.8 Å². The smallest absolute Gasteiger partial charge is 0.261 e. The molecule has 0 aliphatic rings. The van der Waals surface area contributed by atoms with Crippen molar-refractivity contribution in [1.29, 1.82) is 0 Å². The largest absolute Gasteiger partial charge is 0.497 e. The van der Waals surface area contributed by atoms with Crippen LogP contribution in [0, 0.1) is 19.8 Å². The van der Waals surface area contributed by atoms with Crippen molar-refractivity contribution in [3.05, 3.63) is 57.6 Å². The molecule has 0 saturated heterocycles. The van der Waals surface area contributed by atoms with Gasteiger partial charge in [-0.1, -0.05) is 48.8 Å². The molecule has 0 bridgehead atoms. The highest BCUT2D eigenvalue weighted by Crippen LogP contribution is 2.26. The number of benzene rings is 2. The molecule has 2 rings (SSSR count). The Labute approximate surface area is 205 Å². The first kappa shape index (κ1) is 26.7. The summed E-state index contributed by atoms with van der Waals surface area (Å²) in [5, 5.41) is 2.97. The van der Waals surface area contributed by atoms with Crippen LogP contribution in [-0.4, -0.2) is 43.0 Å². The van der Waals surface area contributed by atoms with Gasteiger partial charge < -0.3 is 19.7 Å². The first-order valence-corrected chi connectivity index (χ1v) is 12.0. The number of carbonyl (C=O) groups is 2. The molecule has 0 aromatic heterocycles. The molecule has 0 aliphatic carbocycles. The van der Waals surface area contributed by atoms with Crippen molar-refractivity contribution < 1.29 is 19.1 Å². The molecule has 0 saturated carbocycles. The molecule has 0 aliphatic heterocycles. The maximum absolute atomic E-state index is 13.3. The third-order valence-electron chi connectivity index (χ3n) is 5.33. The quantitative estimate of drug-likeness (QED) is 0.452. The Morgan fingerprint density at radius 1 is 1.09 bits per heavy atom. The summed E-state index contributed by atoms with van der Waals surface area (Å²) >= 11 is 3.55. The van der Waals surface area contributed by atoms with E-state index in [0.717, 1.165) is 21.2 Å². The van der Waals surface area contributed by atoms with Crippen LogP contribution in [0.15, 0.2) is 40.9 Å². The molecule has 1 N–H and O–H groups in total. The average Bonchev–Trinajstić information content (AvgIpc) is 2.79. The highest BCUT2D eigenvalue weighted by Gasteiger charge is 2.29. The van der Waals surface area contributed by atoms with Crippen molar-refractivity contribution in [1.82, 2.24) is 10.2 Å². The van der Waals surface area contributed by atoms with E-state index in [2.05, 4.69) is 21.2 Å². The van der Waals surface area contributed by atoms with E-state index < -0.39 is 6.04 Å². The number of carbonyl (C=O) groups excluding carboxylic acids is 2. The van der Waals surface area contributed by atoms with Crippen LogP contribution in [0.25, 0.3) is 0 Å². The predicted molar refractivity (Wildman–Crippen MR) is 135 cm³/mol. The minimum absolute atomic E-state index is 0.154. The van der Waals surface area contributed by atoms with E-state index in [-0.39, 0.29) is 25.0 Å². The van der Waals surface area contributed by atoms with Crippen LogP contribution in [0.2, 0.25) is 0 Å². The molecule has 7 heteroatoms. The molecule has 0 spiro atoms. The number of aryl methyl sites for hydroxylation is 2. The Morgan fingerprint density at radius 2 is 1.76 bits per heavy atom. The summed E-state index contributed by atoms with van der Waals surface area (Å²) in [6.45, 7) is 10.6. The fraction of sp³-hybridized carbons (Fsp3) is 0.462. The lowest BCUT2D eigenvalue weighted by Crippen LogP contribution is -2.50. The number of methoxy groups -OCH3 is 1. The predicted octanol–water partition coefficient (Wildman–Crippen LogP) is 5.03. The molecule has 1 atom stereocenters. The topological polar surface area (TPSA) is 67.9 Å². The molecular formula is C26H35BrN2O4. The van der Waals surface area contributed by atoms with Crippen LogP contribution >= 0.6 is 15.9 Å². The van der Waals surface area contributed by atoms with Crippen LogP contribution in [0.4, 0.5) is 0 Å². The number of hydrogen-bond donors (Lipinski definition) is 1. The zero-order valence-electron chi connectivity index (χ0n) is 20.4. The second kappa shape index (κ2) is 12.6. The fourth-order valence-corrected chi connectivity index (χ4v) is 3.76. The fourth-order valence-electron chi connectivity index (χ4n) is 3.53. The Hall–Kier alpha value is -2.54. The summed E-state index contributed by atoms with van der Waals surface area (Å²) in [5.41, 5.74) is 2.95. The molecule has 180 valence electrons. The van der Waals surface area contributed by atoms with Crippen LogP contribution in [-0.2, 0) is 16.1 Å². The minimum Gasteiger partial charge on any atom is -0.497 e. The zero-order chi connectivity index (χ0) is 24.5. The zero-order valence-corrected chi connectivity index (χ0v) is 22.0. The molecule has 0 unspecified atom stereocenters. The SMILES string of the molecule is CC[C@@H](C(=O)NCC(C)C)N(Cc1cccc(OC)c1)C(=O)COc1cc(C)c(Br)c(C)c1. The second-order valence-corrected chi connectivity index (χ2v) is 9.39. The standard InChI is InChI=1S/C26H35BrN2O4/c1-7-23(26(31)28-14-17(2)3)29(15-20-9-8-10-21(13-20)32-6)24(30)16-33-22-11-18(4)25(27)19(5)12-22/h8-13,17,23H,7,14-16H2,1-6H3,(H,28,31)/t23-/m0/s1. The third kappa shape index (κ3) is 7.77. The van der Waals surface area contributed by atoms with Gasteiger partial charge in [-0.05, 0) is 67.1 Å². The lowest BCUT2D eigenvalue weighted by Gasteiger charge is -2.31. The molecule has 33 heavy (non-hydrogen) atoms. The van der Waals surface area contributed by atoms with E-state index in [4.69, 9.17) is 9.47 Å². The summed E-state index contributed by atoms with van der Waals surface area (Å²) < 4.78 is 12.2. The molecular weight excluding hydrogens is 484 g/mol. The van der Waals surface area contributed by atoms with Crippen LogP contribution in [0.5, 0.6) is 11.5 Å². The maximum atomic E-state index is 13.3. The van der Waals surface area contributed by atoms with Crippen LogP contribution in [0.3, 0.4) is 0 Å². The molecule has 2 aromatic carbocycles. The molecule has 2 aromatic rings. The van der Waals surface area contributed by atoms with Gasteiger partial charge in [-0.2, -0.15) is 0 Å². The summed E-state index contributed by atoms with van der Waals surface area (Å²) in [6, 6.07) is 10.7. The van der Waals surface area contributed by atoms with Gasteiger partial charge in [0.25, 0.3) is 5.91 Å². The number of amides is 2. The van der Waals surface area contributed by atoms with Gasteiger partial charge in [-0.15, -0.1) is 0 Å². The van der Waals surface area contributed by atoms with Crippen molar-refractivity contribution in [2.45, 2.75) is 53.6 Å². The summed E-state index contributed by atoms with van der Waals surface area (Å²) in [6.07, 6.45) is 0.496. The summed E-state index contributed by atoms with van der Waals surface area (Å²) in [7, 11) is 1.60. The Bertz CT molecular complexity index is 938. The first-order chi connectivity index (χ1) is 15.7. The molecule has 0 radical (unpaired) electrons. The van der Waals surface area contributed by atoms with Crippen molar-refractivity contribution in [2.24, 2.45) is 5.92 Å². The van der Waals surface area contributed by atoms with Crippen molar-refractivity contribution >= 4 is 27.7 Å². The lowest BCUT2D eigenvalue weighted by atomic mass is 10.1. The number of nitrogens with zero attached hydrogens (tertiary/aromatic N) is 1.